The third kappa shape index (κ3) is 1.91. The van der Waals surface area contributed by atoms with Crippen molar-refractivity contribution in [2.45, 2.75) is 37.5 Å². The fraction of sp³-hybridized carbons (Fsp3) is 0.900. The maximum atomic E-state index is 11.9. The molecule has 0 aromatic heterocycles. The topological polar surface area (TPSA) is 26.3 Å². The van der Waals surface area contributed by atoms with Gasteiger partial charge in [0, 0.05) is 6.61 Å². The van der Waals surface area contributed by atoms with Gasteiger partial charge in [0.15, 0.2) is 5.78 Å². The molecule has 3 atom stereocenters. The number of Topliss-reactive ketones (excluding diaryl/α,β-unsaturated/α-hetero) is 1. The number of hydrogen-bond acceptors (Lipinski definition) is 3. The molecule has 0 bridgehead atoms. The standard InChI is InChI=1S/C10H16O2S/c1-7-4-5-12-10(7)9(11)8-3-2-6-13-8/h7-8,10H,2-6H2,1H3. The van der Waals surface area contributed by atoms with Crippen LogP contribution in [0.3, 0.4) is 0 Å². The molecule has 0 saturated carbocycles. The summed E-state index contributed by atoms with van der Waals surface area (Å²) in [5.74, 6) is 1.94. The van der Waals surface area contributed by atoms with Gasteiger partial charge in [-0.25, -0.2) is 0 Å². The highest BCUT2D eigenvalue weighted by Gasteiger charge is 2.36. The van der Waals surface area contributed by atoms with Crippen LogP contribution < -0.4 is 0 Å². The first-order chi connectivity index (χ1) is 6.29. The van der Waals surface area contributed by atoms with E-state index < -0.39 is 0 Å². The summed E-state index contributed by atoms with van der Waals surface area (Å²) in [5, 5.41) is 0.241. The smallest absolute Gasteiger partial charge is 0.174 e. The monoisotopic (exact) mass is 200 g/mol. The quantitative estimate of drug-likeness (QED) is 0.680. The van der Waals surface area contributed by atoms with E-state index in [-0.39, 0.29) is 11.4 Å². The third-order valence-corrected chi connectivity index (χ3v) is 4.31. The van der Waals surface area contributed by atoms with Crippen molar-refractivity contribution >= 4 is 17.5 Å². The highest BCUT2D eigenvalue weighted by molar-refractivity contribution is 8.00. The zero-order valence-corrected chi connectivity index (χ0v) is 8.81. The van der Waals surface area contributed by atoms with Gasteiger partial charge in [-0.15, -0.1) is 0 Å². The van der Waals surface area contributed by atoms with Crippen molar-refractivity contribution in [2.24, 2.45) is 5.92 Å². The van der Waals surface area contributed by atoms with E-state index >= 15 is 0 Å². The van der Waals surface area contributed by atoms with Crippen LogP contribution in [0.4, 0.5) is 0 Å². The predicted octanol–water partition coefficient (Wildman–Crippen LogP) is 1.88. The lowest BCUT2D eigenvalue weighted by Gasteiger charge is -2.16. The first-order valence-corrected chi connectivity index (χ1v) is 6.11. The molecular formula is C10H16O2S. The highest BCUT2D eigenvalue weighted by Crippen LogP contribution is 2.31. The minimum absolute atomic E-state index is 0.0874. The van der Waals surface area contributed by atoms with Crippen molar-refractivity contribution in [1.82, 2.24) is 0 Å². The molecule has 3 heteroatoms. The second kappa shape index (κ2) is 4.01. The van der Waals surface area contributed by atoms with Gasteiger partial charge < -0.3 is 4.74 Å². The number of ketones is 1. The van der Waals surface area contributed by atoms with Gasteiger partial charge >= 0.3 is 0 Å². The molecule has 2 nitrogen and oxygen atoms in total. The number of rotatable bonds is 2. The SMILES string of the molecule is CC1CCOC1C(=O)C1CCCS1. The first-order valence-electron chi connectivity index (χ1n) is 5.06. The summed E-state index contributed by atoms with van der Waals surface area (Å²) in [7, 11) is 0. The second-order valence-electron chi connectivity index (χ2n) is 3.96. The van der Waals surface area contributed by atoms with Crippen LogP contribution in [0.2, 0.25) is 0 Å². The molecule has 0 aliphatic carbocycles. The molecule has 2 fully saturated rings. The number of thioether (sulfide) groups is 1. The van der Waals surface area contributed by atoms with E-state index in [1.807, 2.05) is 11.8 Å². The van der Waals surface area contributed by atoms with Crippen LogP contribution in [-0.4, -0.2) is 29.5 Å². The normalized spacial score (nSPS) is 39.6. The molecule has 0 aromatic carbocycles. The summed E-state index contributed by atoms with van der Waals surface area (Å²) in [6.07, 6.45) is 3.22. The van der Waals surface area contributed by atoms with Crippen LogP contribution in [0.15, 0.2) is 0 Å². The van der Waals surface area contributed by atoms with Gasteiger partial charge in [-0.3, -0.25) is 4.79 Å². The third-order valence-electron chi connectivity index (χ3n) is 2.91. The Hall–Kier alpha value is -0.0200. The number of ether oxygens (including phenoxy) is 1. The lowest BCUT2D eigenvalue weighted by atomic mass is 9.97. The zero-order valence-electron chi connectivity index (χ0n) is 7.99. The average Bonchev–Trinajstić information content (AvgIpc) is 2.72. The predicted molar refractivity (Wildman–Crippen MR) is 54.0 cm³/mol. The molecule has 2 aliphatic heterocycles. The Morgan fingerprint density at radius 2 is 2.31 bits per heavy atom. The van der Waals surface area contributed by atoms with Gasteiger partial charge in [0.2, 0.25) is 0 Å². The molecule has 2 aliphatic rings. The first kappa shape index (κ1) is 9.53. The van der Waals surface area contributed by atoms with Crippen LogP contribution in [0, 0.1) is 5.92 Å². The van der Waals surface area contributed by atoms with Crippen LogP contribution in [0.5, 0.6) is 0 Å². The molecule has 3 unspecified atom stereocenters. The average molecular weight is 200 g/mol. The van der Waals surface area contributed by atoms with Crippen molar-refractivity contribution in [3.8, 4) is 0 Å². The van der Waals surface area contributed by atoms with E-state index in [4.69, 9.17) is 4.74 Å². The molecular weight excluding hydrogens is 184 g/mol. The van der Waals surface area contributed by atoms with E-state index in [9.17, 15) is 4.79 Å². The maximum absolute atomic E-state index is 11.9. The Morgan fingerprint density at radius 3 is 2.85 bits per heavy atom. The molecule has 0 N–H and O–H groups in total. The Labute approximate surface area is 83.4 Å². The summed E-state index contributed by atoms with van der Waals surface area (Å²) in [4.78, 5) is 11.9. The molecule has 0 amide bonds. The van der Waals surface area contributed by atoms with Crippen LogP contribution in [0.25, 0.3) is 0 Å². The lowest BCUT2D eigenvalue weighted by Crippen LogP contribution is -2.32. The summed E-state index contributed by atoms with van der Waals surface area (Å²) in [6.45, 7) is 2.89. The lowest BCUT2D eigenvalue weighted by molar-refractivity contribution is -0.128. The van der Waals surface area contributed by atoms with Gasteiger partial charge in [0.05, 0.1) is 5.25 Å². The molecule has 0 spiro atoms. The zero-order chi connectivity index (χ0) is 9.26. The van der Waals surface area contributed by atoms with Crippen molar-refractivity contribution in [2.75, 3.05) is 12.4 Å². The largest absolute Gasteiger partial charge is 0.370 e. The minimum atomic E-state index is -0.0874. The Bertz CT molecular complexity index is 199. The minimum Gasteiger partial charge on any atom is -0.370 e. The molecule has 2 heterocycles. The van der Waals surface area contributed by atoms with E-state index in [1.165, 1.54) is 6.42 Å². The van der Waals surface area contributed by atoms with Gasteiger partial charge in [-0.2, -0.15) is 11.8 Å². The summed E-state index contributed by atoms with van der Waals surface area (Å²) in [5.41, 5.74) is 0. The van der Waals surface area contributed by atoms with E-state index in [0.29, 0.717) is 11.7 Å². The van der Waals surface area contributed by atoms with E-state index in [2.05, 4.69) is 6.92 Å². The fourth-order valence-electron chi connectivity index (χ4n) is 2.04. The van der Waals surface area contributed by atoms with Gasteiger partial charge in [-0.1, -0.05) is 6.92 Å². The molecule has 2 rings (SSSR count). The van der Waals surface area contributed by atoms with Crippen molar-refractivity contribution in [1.29, 1.82) is 0 Å². The summed E-state index contributed by atoms with van der Waals surface area (Å²) in [6, 6.07) is 0. The van der Waals surface area contributed by atoms with Crippen LogP contribution in [0.1, 0.15) is 26.2 Å². The Kier molecular flexibility index (Phi) is 2.94. The number of carbonyl (C=O) groups is 1. The van der Waals surface area contributed by atoms with Crippen molar-refractivity contribution in [3.63, 3.8) is 0 Å². The molecule has 0 aromatic rings. The number of carbonyl (C=O) groups excluding carboxylic acids is 1. The maximum Gasteiger partial charge on any atom is 0.174 e. The van der Waals surface area contributed by atoms with E-state index in [0.717, 1.165) is 25.2 Å². The Balaban J connectivity index is 1.95. The van der Waals surface area contributed by atoms with Gasteiger partial charge in [0.1, 0.15) is 6.10 Å². The summed E-state index contributed by atoms with van der Waals surface area (Å²) >= 11 is 1.81. The fourth-order valence-corrected chi connectivity index (χ4v) is 3.29. The van der Waals surface area contributed by atoms with Crippen LogP contribution >= 0.6 is 11.8 Å². The van der Waals surface area contributed by atoms with E-state index in [1.54, 1.807) is 0 Å². The molecule has 2 saturated heterocycles. The van der Waals surface area contributed by atoms with Gasteiger partial charge in [0.25, 0.3) is 0 Å². The van der Waals surface area contributed by atoms with Crippen molar-refractivity contribution in [3.05, 3.63) is 0 Å². The van der Waals surface area contributed by atoms with Crippen LogP contribution in [-0.2, 0) is 9.53 Å². The number of hydrogen-bond donors (Lipinski definition) is 0. The van der Waals surface area contributed by atoms with Crippen molar-refractivity contribution < 1.29 is 9.53 Å². The molecule has 74 valence electrons. The molecule has 0 radical (unpaired) electrons. The molecule has 13 heavy (non-hydrogen) atoms. The summed E-state index contributed by atoms with van der Waals surface area (Å²) < 4.78 is 5.48. The van der Waals surface area contributed by atoms with Gasteiger partial charge in [-0.05, 0) is 30.9 Å². The Morgan fingerprint density at radius 1 is 1.46 bits per heavy atom. The highest BCUT2D eigenvalue weighted by atomic mass is 32.2. The second-order valence-corrected chi connectivity index (χ2v) is 5.27.